The summed E-state index contributed by atoms with van der Waals surface area (Å²) in [6.07, 6.45) is 13.1. The van der Waals surface area contributed by atoms with Gasteiger partial charge in [0.15, 0.2) is 0 Å². The average molecular weight is 442 g/mol. The minimum atomic E-state index is -0.311. The van der Waals surface area contributed by atoms with E-state index in [1.54, 1.807) is 24.3 Å². The fraction of sp³-hybridized carbons (Fsp3) is 0.393. The van der Waals surface area contributed by atoms with E-state index in [1.165, 1.54) is 17.8 Å². The Hall–Kier alpha value is -3.26. The summed E-state index contributed by atoms with van der Waals surface area (Å²) in [5.74, 6) is 4.26. The van der Waals surface area contributed by atoms with Gasteiger partial charge in [0.1, 0.15) is 11.5 Å². The van der Waals surface area contributed by atoms with Crippen molar-refractivity contribution in [2.24, 2.45) is 17.8 Å². The maximum atomic E-state index is 13.9. The van der Waals surface area contributed by atoms with Gasteiger partial charge in [-0.2, -0.15) is 0 Å². The van der Waals surface area contributed by atoms with E-state index in [0.29, 0.717) is 34.9 Å². The van der Waals surface area contributed by atoms with Gasteiger partial charge in [-0.25, -0.2) is 9.37 Å². The molecule has 2 aliphatic rings. The number of fused-ring (bicyclic) bond motifs is 2. The third-order valence-electron chi connectivity index (χ3n) is 7.82. The zero-order valence-corrected chi connectivity index (χ0v) is 19.0. The van der Waals surface area contributed by atoms with Crippen molar-refractivity contribution in [3.63, 3.8) is 0 Å². The highest BCUT2D eigenvalue weighted by molar-refractivity contribution is 5.94. The number of carbonyl (C=O) groups excluding carboxylic acids is 1. The van der Waals surface area contributed by atoms with Crippen LogP contribution in [0.1, 0.15) is 67.1 Å². The highest BCUT2D eigenvalue weighted by atomic mass is 19.1. The first kappa shape index (κ1) is 21.6. The molecule has 3 aromatic rings. The highest BCUT2D eigenvalue weighted by Crippen LogP contribution is 2.55. The molecule has 2 aromatic heterocycles. The maximum Gasteiger partial charge on any atom is 0.253 e. The topological polar surface area (TPSA) is 54.9 Å². The fourth-order valence-corrected chi connectivity index (χ4v) is 6.04. The predicted molar refractivity (Wildman–Crippen MR) is 127 cm³/mol. The summed E-state index contributed by atoms with van der Waals surface area (Å²) < 4.78 is 13.9. The van der Waals surface area contributed by atoms with Crippen LogP contribution in [0.4, 0.5) is 4.39 Å². The number of aromatic nitrogens is 2. The number of rotatable bonds is 4. The van der Waals surface area contributed by atoms with Crippen LogP contribution >= 0.6 is 0 Å². The van der Waals surface area contributed by atoms with E-state index in [-0.39, 0.29) is 17.3 Å². The summed E-state index contributed by atoms with van der Waals surface area (Å²) in [6.45, 7) is 4.24. The van der Waals surface area contributed by atoms with E-state index in [1.807, 2.05) is 6.20 Å². The van der Waals surface area contributed by atoms with Crippen molar-refractivity contribution in [2.75, 3.05) is 0 Å². The molecule has 4 atom stereocenters. The van der Waals surface area contributed by atoms with Crippen LogP contribution < -0.4 is 5.32 Å². The Morgan fingerprint density at radius 3 is 2.52 bits per heavy atom. The number of nitrogens with zero attached hydrogens (tertiary/aromatic N) is 2. The molecular formula is C28H28FN3O. The molecule has 1 N–H and O–H groups in total. The molecule has 0 radical (unpaired) electrons. The number of pyridine rings is 2. The molecule has 2 unspecified atom stereocenters. The Kier molecular flexibility index (Phi) is 5.40. The van der Waals surface area contributed by atoms with Crippen LogP contribution in [0, 0.1) is 35.9 Å². The lowest BCUT2D eigenvalue weighted by molar-refractivity contribution is 0.0877. The second-order valence-corrected chi connectivity index (χ2v) is 10.2. The van der Waals surface area contributed by atoms with Crippen LogP contribution in [-0.2, 0) is 0 Å². The van der Waals surface area contributed by atoms with Crippen LogP contribution in [0.15, 0.2) is 48.8 Å². The van der Waals surface area contributed by atoms with Crippen molar-refractivity contribution in [3.8, 4) is 12.3 Å². The Labute approximate surface area is 194 Å². The van der Waals surface area contributed by atoms with Gasteiger partial charge in [0.05, 0.1) is 11.1 Å². The summed E-state index contributed by atoms with van der Waals surface area (Å²) in [5, 5.41) is 4.17. The van der Waals surface area contributed by atoms with Crippen LogP contribution in [0.5, 0.6) is 0 Å². The number of terminal acetylenes is 1. The number of nitrogens with one attached hydrogen (secondary N) is 1. The van der Waals surface area contributed by atoms with Crippen molar-refractivity contribution in [3.05, 3.63) is 71.4 Å². The van der Waals surface area contributed by atoms with Gasteiger partial charge in [-0.1, -0.05) is 5.92 Å². The van der Waals surface area contributed by atoms with Crippen LogP contribution in [0.25, 0.3) is 10.9 Å². The molecule has 2 heterocycles. The normalized spacial score (nSPS) is 24.4. The maximum absolute atomic E-state index is 13.9. The molecule has 5 heteroatoms. The molecule has 2 saturated carbocycles. The molecule has 2 fully saturated rings. The van der Waals surface area contributed by atoms with Gasteiger partial charge in [0.25, 0.3) is 5.91 Å². The molecule has 168 valence electrons. The van der Waals surface area contributed by atoms with Crippen molar-refractivity contribution in [1.82, 2.24) is 15.3 Å². The summed E-state index contributed by atoms with van der Waals surface area (Å²) in [6, 6.07) is 10.3. The summed E-state index contributed by atoms with van der Waals surface area (Å²) in [7, 11) is 0. The Balaban J connectivity index is 1.26. The highest BCUT2D eigenvalue weighted by Gasteiger charge is 2.47. The lowest BCUT2D eigenvalue weighted by Crippen LogP contribution is -2.48. The number of benzene rings is 1. The third kappa shape index (κ3) is 4.11. The number of halogens is 1. The molecule has 4 nitrogen and oxygen atoms in total. The second-order valence-electron chi connectivity index (χ2n) is 10.2. The van der Waals surface area contributed by atoms with Crippen LogP contribution in [0.2, 0.25) is 0 Å². The van der Waals surface area contributed by atoms with Gasteiger partial charge >= 0.3 is 0 Å². The molecule has 5 rings (SSSR count). The molecule has 1 aromatic carbocycles. The van der Waals surface area contributed by atoms with Gasteiger partial charge in [-0.3, -0.25) is 9.78 Å². The molecule has 1 amide bonds. The van der Waals surface area contributed by atoms with E-state index in [0.717, 1.165) is 36.6 Å². The molecule has 33 heavy (non-hydrogen) atoms. The summed E-state index contributed by atoms with van der Waals surface area (Å²) in [4.78, 5) is 21.4. The van der Waals surface area contributed by atoms with Crippen LogP contribution in [-0.4, -0.2) is 21.4 Å². The Morgan fingerprint density at radius 2 is 1.85 bits per heavy atom. The van der Waals surface area contributed by atoms with Gasteiger partial charge in [0, 0.05) is 23.3 Å². The first-order valence-corrected chi connectivity index (χ1v) is 11.6. The standard InChI is InChI=1S/C28H28FN3O/c1-4-23-7-5-17(16-31-23)27(33)32-28(2,3)21-13-18-11-20(12-19(18)14-21)24-9-10-30-26-8-6-22(29)15-25(24)26/h1,5-10,15-16,18-21H,11-14H2,2-3H3,(H,32,33)/t18-,19+,20?,21?. The van der Waals surface area contributed by atoms with E-state index < -0.39 is 0 Å². The lowest BCUT2D eigenvalue weighted by atomic mass is 9.82. The number of amides is 1. The number of hydrogen-bond acceptors (Lipinski definition) is 3. The minimum absolute atomic E-state index is 0.115. The number of hydrogen-bond donors (Lipinski definition) is 1. The molecule has 0 saturated heterocycles. The Morgan fingerprint density at radius 1 is 1.09 bits per heavy atom. The van der Waals surface area contributed by atoms with E-state index in [4.69, 9.17) is 6.42 Å². The zero-order valence-electron chi connectivity index (χ0n) is 19.0. The fourth-order valence-electron chi connectivity index (χ4n) is 6.04. The SMILES string of the molecule is C#Cc1ccc(C(=O)NC(C)(C)C2C[C@H]3CC(c4ccnc5ccc(F)cc45)C[C@H]3C2)cn1. The molecule has 2 aliphatic carbocycles. The monoisotopic (exact) mass is 441 g/mol. The third-order valence-corrected chi connectivity index (χ3v) is 7.82. The van der Waals surface area contributed by atoms with Gasteiger partial charge in [0.2, 0.25) is 0 Å². The summed E-state index contributed by atoms with van der Waals surface area (Å²) in [5.41, 5.74) is 2.82. The average Bonchev–Trinajstić information content (AvgIpc) is 3.38. The van der Waals surface area contributed by atoms with E-state index in [2.05, 4.69) is 41.1 Å². The van der Waals surface area contributed by atoms with Gasteiger partial charge in [-0.15, -0.1) is 6.42 Å². The first-order chi connectivity index (χ1) is 15.8. The van der Waals surface area contributed by atoms with Crippen molar-refractivity contribution in [2.45, 2.75) is 51.0 Å². The van der Waals surface area contributed by atoms with Gasteiger partial charge in [-0.05, 0) is 105 Å². The molecular weight excluding hydrogens is 413 g/mol. The summed E-state index contributed by atoms with van der Waals surface area (Å²) >= 11 is 0. The zero-order chi connectivity index (χ0) is 23.2. The van der Waals surface area contributed by atoms with Gasteiger partial charge < -0.3 is 5.32 Å². The molecule has 0 bridgehead atoms. The van der Waals surface area contributed by atoms with E-state index >= 15 is 0 Å². The quantitative estimate of drug-likeness (QED) is 0.546. The lowest BCUT2D eigenvalue weighted by Gasteiger charge is -2.34. The predicted octanol–water partition coefficient (Wildman–Crippen LogP) is 5.48. The Bertz CT molecular complexity index is 1230. The second kappa shape index (κ2) is 8.26. The van der Waals surface area contributed by atoms with Crippen molar-refractivity contribution in [1.29, 1.82) is 0 Å². The smallest absolute Gasteiger partial charge is 0.253 e. The van der Waals surface area contributed by atoms with Crippen molar-refractivity contribution < 1.29 is 9.18 Å². The van der Waals surface area contributed by atoms with E-state index in [9.17, 15) is 9.18 Å². The first-order valence-electron chi connectivity index (χ1n) is 11.6. The van der Waals surface area contributed by atoms with Crippen molar-refractivity contribution >= 4 is 16.8 Å². The van der Waals surface area contributed by atoms with Crippen LogP contribution in [0.3, 0.4) is 0 Å². The molecule has 0 aliphatic heterocycles. The molecule has 0 spiro atoms. The number of carbonyl (C=O) groups is 1. The minimum Gasteiger partial charge on any atom is -0.347 e. The largest absolute Gasteiger partial charge is 0.347 e.